The summed E-state index contributed by atoms with van der Waals surface area (Å²) in [6.45, 7) is 3.57. The van der Waals surface area contributed by atoms with Gasteiger partial charge in [0.25, 0.3) is 0 Å². The summed E-state index contributed by atoms with van der Waals surface area (Å²) in [5.74, 6) is 0. The second-order valence-corrected chi connectivity index (χ2v) is 3.30. The zero-order valence-electron chi connectivity index (χ0n) is 6.26. The molecule has 10 heavy (non-hydrogen) atoms. The van der Waals surface area contributed by atoms with Crippen LogP contribution in [-0.2, 0) is 9.59 Å². The molecule has 3 heteroatoms. The molecule has 0 aliphatic carbocycles. The van der Waals surface area contributed by atoms with Crippen LogP contribution in [0.1, 0.15) is 26.7 Å². The predicted octanol–water partition coefficient (Wildman–Crippen LogP) is 1.45. The number of hydrogen-bond donors (Lipinski definition) is 1. The first-order valence-electron chi connectivity index (χ1n) is 3.18. The lowest BCUT2D eigenvalue weighted by Gasteiger charge is -2.17. The first-order chi connectivity index (χ1) is 4.50. The summed E-state index contributed by atoms with van der Waals surface area (Å²) in [5, 5.41) is -0.158. The van der Waals surface area contributed by atoms with E-state index in [2.05, 4.69) is 12.6 Å². The van der Waals surface area contributed by atoms with Crippen molar-refractivity contribution in [3.8, 4) is 0 Å². The zero-order chi connectivity index (χ0) is 8.20. The average Bonchev–Trinajstić information content (AvgIpc) is 1.84. The Labute approximate surface area is 66.4 Å². The summed E-state index contributed by atoms with van der Waals surface area (Å²) in [7, 11) is 0. The van der Waals surface area contributed by atoms with E-state index in [1.165, 1.54) is 0 Å². The van der Waals surface area contributed by atoms with Crippen molar-refractivity contribution in [2.45, 2.75) is 26.7 Å². The highest BCUT2D eigenvalue weighted by Gasteiger charge is 2.23. The van der Waals surface area contributed by atoms with Crippen molar-refractivity contribution in [1.29, 1.82) is 0 Å². The van der Waals surface area contributed by atoms with Crippen LogP contribution in [0, 0.1) is 5.41 Å². The molecule has 0 aromatic rings. The monoisotopic (exact) mass is 160 g/mol. The number of carbonyl (C=O) groups is 2. The molecule has 0 aliphatic rings. The molecule has 0 saturated carbocycles. The molecular formula is C7H12O2S. The minimum absolute atomic E-state index is 0.158. The summed E-state index contributed by atoms with van der Waals surface area (Å²) in [4.78, 5) is 20.7. The Kier molecular flexibility index (Phi) is 3.64. The molecule has 0 aromatic carbocycles. The van der Waals surface area contributed by atoms with E-state index in [4.69, 9.17) is 0 Å². The molecule has 0 rings (SSSR count). The lowest BCUT2D eigenvalue weighted by Crippen LogP contribution is -2.19. The molecule has 0 radical (unpaired) electrons. The Hall–Kier alpha value is -0.310. The fourth-order valence-electron chi connectivity index (χ4n) is 0.527. The van der Waals surface area contributed by atoms with Crippen molar-refractivity contribution < 1.29 is 9.59 Å². The van der Waals surface area contributed by atoms with E-state index in [0.29, 0.717) is 12.8 Å². The largest absolute Gasteiger partial charge is 0.303 e. The first-order valence-corrected chi connectivity index (χ1v) is 3.62. The van der Waals surface area contributed by atoms with Gasteiger partial charge in [-0.1, -0.05) is 13.8 Å². The molecule has 58 valence electrons. The molecule has 2 nitrogen and oxygen atoms in total. The van der Waals surface area contributed by atoms with Gasteiger partial charge in [-0.2, -0.15) is 0 Å². The van der Waals surface area contributed by atoms with Crippen LogP contribution in [0.4, 0.5) is 0 Å². The lowest BCUT2D eigenvalue weighted by atomic mass is 9.90. The Morgan fingerprint density at radius 2 is 2.10 bits per heavy atom. The summed E-state index contributed by atoms with van der Waals surface area (Å²) >= 11 is 3.70. The molecule has 0 spiro atoms. The van der Waals surface area contributed by atoms with Gasteiger partial charge >= 0.3 is 0 Å². The van der Waals surface area contributed by atoms with Crippen LogP contribution in [0.15, 0.2) is 0 Å². The van der Waals surface area contributed by atoms with Gasteiger partial charge in [0.15, 0.2) is 5.12 Å². The minimum atomic E-state index is -0.454. The van der Waals surface area contributed by atoms with Crippen molar-refractivity contribution in [1.82, 2.24) is 0 Å². The number of carbonyl (C=O) groups excluding carboxylic acids is 2. The van der Waals surface area contributed by atoms with Gasteiger partial charge in [0.1, 0.15) is 6.29 Å². The molecule has 0 amide bonds. The van der Waals surface area contributed by atoms with E-state index in [0.717, 1.165) is 6.29 Å². The van der Waals surface area contributed by atoms with Crippen LogP contribution >= 0.6 is 12.6 Å². The van der Waals surface area contributed by atoms with E-state index >= 15 is 0 Å². The third kappa shape index (κ3) is 3.01. The van der Waals surface area contributed by atoms with Gasteiger partial charge in [-0.15, -0.1) is 12.6 Å². The second-order valence-electron chi connectivity index (χ2n) is 2.89. The van der Waals surface area contributed by atoms with Crippen LogP contribution < -0.4 is 0 Å². The number of thiol groups is 1. The predicted molar refractivity (Wildman–Crippen MR) is 43.1 cm³/mol. The number of aldehydes is 1. The van der Waals surface area contributed by atoms with Gasteiger partial charge in [0, 0.05) is 11.8 Å². The van der Waals surface area contributed by atoms with Crippen molar-refractivity contribution >= 4 is 24.0 Å². The Morgan fingerprint density at radius 1 is 1.60 bits per heavy atom. The highest BCUT2D eigenvalue weighted by molar-refractivity contribution is 7.96. The number of hydrogen-bond acceptors (Lipinski definition) is 2. The Balaban J connectivity index is 3.86. The van der Waals surface area contributed by atoms with Gasteiger partial charge < -0.3 is 4.79 Å². The molecule has 0 heterocycles. The molecule has 0 atom stereocenters. The van der Waals surface area contributed by atoms with Gasteiger partial charge in [0.2, 0.25) is 0 Å². The van der Waals surface area contributed by atoms with Crippen LogP contribution in [-0.4, -0.2) is 11.4 Å². The molecule has 0 fully saturated rings. The topological polar surface area (TPSA) is 34.1 Å². The number of rotatable bonds is 4. The Bertz CT molecular complexity index is 141. The maximum atomic E-state index is 10.7. The van der Waals surface area contributed by atoms with E-state index < -0.39 is 5.41 Å². The van der Waals surface area contributed by atoms with Crippen molar-refractivity contribution in [2.24, 2.45) is 5.41 Å². The van der Waals surface area contributed by atoms with Gasteiger partial charge in [-0.3, -0.25) is 4.79 Å². The van der Waals surface area contributed by atoms with E-state index in [9.17, 15) is 9.59 Å². The van der Waals surface area contributed by atoms with E-state index in [-0.39, 0.29) is 5.12 Å². The molecule has 0 unspecified atom stereocenters. The zero-order valence-corrected chi connectivity index (χ0v) is 7.15. The van der Waals surface area contributed by atoms with Crippen LogP contribution in [0.2, 0.25) is 0 Å². The third-order valence-electron chi connectivity index (χ3n) is 1.47. The molecule has 0 N–H and O–H groups in total. The summed E-state index contributed by atoms with van der Waals surface area (Å²) in [5.41, 5.74) is -0.454. The van der Waals surface area contributed by atoms with Gasteiger partial charge in [-0.05, 0) is 6.42 Å². The van der Waals surface area contributed by atoms with Crippen molar-refractivity contribution in [3.63, 3.8) is 0 Å². The second kappa shape index (κ2) is 3.76. The molecular weight excluding hydrogens is 148 g/mol. The maximum Gasteiger partial charge on any atom is 0.191 e. The smallest absolute Gasteiger partial charge is 0.191 e. The van der Waals surface area contributed by atoms with Crippen molar-refractivity contribution in [3.05, 3.63) is 0 Å². The minimum Gasteiger partial charge on any atom is -0.303 e. The fourth-order valence-corrected chi connectivity index (χ4v) is 0.639. The van der Waals surface area contributed by atoms with Crippen molar-refractivity contribution in [2.75, 3.05) is 0 Å². The summed E-state index contributed by atoms with van der Waals surface area (Å²) in [6.07, 6.45) is 1.83. The lowest BCUT2D eigenvalue weighted by molar-refractivity contribution is -0.118. The normalized spacial score (nSPS) is 11.1. The first kappa shape index (κ1) is 9.69. The average molecular weight is 160 g/mol. The van der Waals surface area contributed by atoms with E-state index in [1.807, 2.05) is 0 Å². The fraction of sp³-hybridized carbons (Fsp3) is 0.714. The van der Waals surface area contributed by atoms with Crippen LogP contribution in [0.3, 0.4) is 0 Å². The third-order valence-corrected chi connectivity index (χ3v) is 2.07. The highest BCUT2D eigenvalue weighted by atomic mass is 32.1. The van der Waals surface area contributed by atoms with Gasteiger partial charge in [-0.25, -0.2) is 0 Å². The molecule has 0 saturated heterocycles. The van der Waals surface area contributed by atoms with Crippen LogP contribution in [0.25, 0.3) is 0 Å². The highest BCUT2D eigenvalue weighted by Crippen LogP contribution is 2.24. The summed E-state index contributed by atoms with van der Waals surface area (Å²) in [6, 6.07) is 0. The maximum absolute atomic E-state index is 10.7. The van der Waals surface area contributed by atoms with Gasteiger partial charge in [0.05, 0.1) is 0 Å². The summed E-state index contributed by atoms with van der Waals surface area (Å²) < 4.78 is 0. The van der Waals surface area contributed by atoms with E-state index in [1.54, 1.807) is 13.8 Å². The standard InChI is InChI=1S/C7H12O2S/c1-7(2,6(9)10)4-3-5-8/h5H,3-4H2,1-2H3,(H,9,10). The molecule has 0 aliphatic heterocycles. The SMILES string of the molecule is CC(C)(CCC=O)C(=O)S. The quantitative estimate of drug-likeness (QED) is 0.499. The Morgan fingerprint density at radius 3 is 2.40 bits per heavy atom. The molecule has 0 bridgehead atoms. The molecule has 0 aromatic heterocycles. The van der Waals surface area contributed by atoms with Crippen LogP contribution in [0.5, 0.6) is 0 Å².